The molecule has 0 aliphatic carbocycles. The van der Waals surface area contributed by atoms with E-state index >= 15 is 0 Å². The monoisotopic (exact) mass is 357 g/mol. The van der Waals surface area contributed by atoms with Gasteiger partial charge < -0.3 is 9.47 Å². The number of benzene rings is 1. The Morgan fingerprint density at radius 2 is 2.12 bits per heavy atom. The number of ether oxygens (including phenoxy) is 2. The lowest BCUT2D eigenvalue weighted by molar-refractivity contribution is -0.143. The summed E-state index contributed by atoms with van der Waals surface area (Å²) in [5.41, 5.74) is 1.88. The van der Waals surface area contributed by atoms with E-state index in [4.69, 9.17) is 9.47 Å². The van der Waals surface area contributed by atoms with Crippen molar-refractivity contribution >= 4 is 29.1 Å². The standard InChI is InChI=1S/C18H15NO5S/c20-15-6-3-7-19(15)16(21)10-24-18(22)14-8-11-9-23-13-5-2-1-4-12(13)17(11)25-14/h1-2,4-5,8H,3,6-7,9-10H2. The SMILES string of the molecule is O=C(OCC(=O)N1CCCC1=O)c1cc2c(s1)-c1ccccc1OC2. The van der Waals surface area contributed by atoms with Gasteiger partial charge in [-0.1, -0.05) is 12.1 Å². The van der Waals surface area contributed by atoms with Gasteiger partial charge in [0.2, 0.25) is 5.91 Å². The molecule has 1 fully saturated rings. The van der Waals surface area contributed by atoms with E-state index in [1.165, 1.54) is 11.3 Å². The Labute approximate surface area is 148 Å². The van der Waals surface area contributed by atoms with E-state index in [-0.39, 0.29) is 5.91 Å². The predicted octanol–water partition coefficient (Wildman–Crippen LogP) is 2.61. The normalized spacial score (nSPS) is 15.4. The van der Waals surface area contributed by atoms with Crippen LogP contribution in [0.4, 0.5) is 0 Å². The molecule has 1 aromatic heterocycles. The zero-order valence-corrected chi connectivity index (χ0v) is 14.1. The molecule has 0 N–H and O–H groups in total. The van der Waals surface area contributed by atoms with Gasteiger partial charge in [-0.2, -0.15) is 0 Å². The zero-order chi connectivity index (χ0) is 17.4. The summed E-state index contributed by atoms with van der Waals surface area (Å²) in [5, 5.41) is 0. The molecule has 0 spiro atoms. The van der Waals surface area contributed by atoms with E-state index in [0.717, 1.165) is 26.7 Å². The van der Waals surface area contributed by atoms with Crippen LogP contribution in [0.5, 0.6) is 5.75 Å². The number of hydrogen-bond donors (Lipinski definition) is 0. The van der Waals surface area contributed by atoms with Crippen molar-refractivity contribution in [3.8, 4) is 16.2 Å². The van der Waals surface area contributed by atoms with E-state index in [2.05, 4.69) is 0 Å². The Balaban J connectivity index is 1.46. The fraction of sp³-hybridized carbons (Fsp3) is 0.278. The van der Waals surface area contributed by atoms with Crippen LogP contribution in [0.25, 0.3) is 10.4 Å². The van der Waals surface area contributed by atoms with Gasteiger partial charge in [0.15, 0.2) is 6.61 Å². The Morgan fingerprint density at radius 3 is 2.92 bits per heavy atom. The minimum atomic E-state index is -0.558. The molecule has 0 bridgehead atoms. The summed E-state index contributed by atoms with van der Waals surface area (Å²) in [6.45, 7) is 0.383. The number of hydrogen-bond acceptors (Lipinski definition) is 6. The van der Waals surface area contributed by atoms with E-state index in [1.807, 2.05) is 24.3 Å². The highest BCUT2D eigenvalue weighted by Crippen LogP contribution is 2.42. The number of rotatable bonds is 3. The second kappa shape index (κ2) is 6.33. The third-order valence-corrected chi connectivity index (χ3v) is 5.42. The topological polar surface area (TPSA) is 72.9 Å². The number of thiophene rings is 1. The maximum atomic E-state index is 12.3. The summed E-state index contributed by atoms with van der Waals surface area (Å²) in [7, 11) is 0. The van der Waals surface area contributed by atoms with Crippen LogP contribution in [-0.4, -0.2) is 35.8 Å². The largest absolute Gasteiger partial charge is 0.488 e. The van der Waals surface area contributed by atoms with Gasteiger partial charge in [-0.05, 0) is 24.6 Å². The molecule has 7 heteroatoms. The molecule has 0 unspecified atom stereocenters. The van der Waals surface area contributed by atoms with E-state index in [0.29, 0.717) is 30.9 Å². The summed E-state index contributed by atoms with van der Waals surface area (Å²) in [6, 6.07) is 9.39. The van der Waals surface area contributed by atoms with Crippen LogP contribution >= 0.6 is 11.3 Å². The van der Waals surface area contributed by atoms with Crippen molar-refractivity contribution in [1.82, 2.24) is 4.90 Å². The fourth-order valence-electron chi connectivity index (χ4n) is 2.99. The molecule has 6 nitrogen and oxygen atoms in total. The molecule has 1 aromatic carbocycles. The molecule has 3 heterocycles. The lowest BCUT2D eigenvalue weighted by Gasteiger charge is -2.16. The summed E-state index contributed by atoms with van der Waals surface area (Å²) in [5.74, 6) is -0.441. The molecular weight excluding hydrogens is 342 g/mol. The average molecular weight is 357 g/mol. The zero-order valence-electron chi connectivity index (χ0n) is 13.3. The first kappa shape index (κ1) is 15.8. The quantitative estimate of drug-likeness (QED) is 0.790. The number of fused-ring (bicyclic) bond motifs is 3. The Bertz CT molecular complexity index is 872. The van der Waals surface area contributed by atoms with Gasteiger partial charge in [-0.25, -0.2) is 4.79 Å². The molecule has 0 atom stereocenters. The summed E-state index contributed by atoms with van der Waals surface area (Å²) < 4.78 is 10.8. The molecule has 0 saturated carbocycles. The molecule has 1 saturated heterocycles. The van der Waals surface area contributed by atoms with Gasteiger partial charge in [-0.15, -0.1) is 11.3 Å². The van der Waals surface area contributed by atoms with Gasteiger partial charge in [0.25, 0.3) is 5.91 Å². The molecule has 25 heavy (non-hydrogen) atoms. The highest BCUT2D eigenvalue weighted by molar-refractivity contribution is 7.17. The Morgan fingerprint density at radius 1 is 1.28 bits per heavy atom. The summed E-state index contributed by atoms with van der Waals surface area (Å²) in [4.78, 5) is 38.3. The number of amides is 2. The van der Waals surface area contributed by atoms with Gasteiger partial charge in [0, 0.05) is 29.0 Å². The van der Waals surface area contributed by atoms with E-state index in [1.54, 1.807) is 6.07 Å². The van der Waals surface area contributed by atoms with Crippen LogP contribution in [0.1, 0.15) is 28.1 Å². The first-order valence-corrected chi connectivity index (χ1v) is 8.80. The Kier molecular flexibility index (Phi) is 4.01. The van der Waals surface area contributed by atoms with Crippen molar-refractivity contribution in [2.75, 3.05) is 13.2 Å². The van der Waals surface area contributed by atoms with Crippen LogP contribution in [-0.2, 0) is 20.9 Å². The van der Waals surface area contributed by atoms with Crippen molar-refractivity contribution in [3.63, 3.8) is 0 Å². The van der Waals surface area contributed by atoms with Crippen LogP contribution in [0.3, 0.4) is 0 Å². The number of esters is 1. The number of imide groups is 1. The van der Waals surface area contributed by atoms with Crippen molar-refractivity contribution in [3.05, 3.63) is 40.8 Å². The molecule has 2 aliphatic rings. The second-order valence-electron chi connectivity index (χ2n) is 5.87. The smallest absolute Gasteiger partial charge is 0.348 e. The first-order valence-electron chi connectivity index (χ1n) is 7.99. The van der Waals surface area contributed by atoms with Crippen molar-refractivity contribution < 1.29 is 23.9 Å². The lowest BCUT2D eigenvalue weighted by Crippen LogP contribution is -2.35. The summed E-state index contributed by atoms with van der Waals surface area (Å²) >= 11 is 1.32. The highest BCUT2D eigenvalue weighted by atomic mass is 32.1. The molecule has 128 valence electrons. The fourth-order valence-corrected chi connectivity index (χ4v) is 4.08. The molecule has 2 aromatic rings. The van der Waals surface area contributed by atoms with Crippen LogP contribution < -0.4 is 4.74 Å². The van der Waals surface area contributed by atoms with Gasteiger partial charge >= 0.3 is 5.97 Å². The van der Waals surface area contributed by atoms with Crippen LogP contribution in [0.15, 0.2) is 30.3 Å². The van der Waals surface area contributed by atoms with Crippen LogP contribution in [0, 0.1) is 0 Å². The lowest BCUT2D eigenvalue weighted by atomic mass is 10.1. The van der Waals surface area contributed by atoms with E-state index < -0.39 is 18.5 Å². The number of nitrogens with zero attached hydrogens (tertiary/aromatic N) is 1. The molecule has 0 radical (unpaired) electrons. The van der Waals surface area contributed by atoms with Crippen molar-refractivity contribution in [2.24, 2.45) is 0 Å². The number of carbonyl (C=O) groups excluding carboxylic acids is 3. The predicted molar refractivity (Wildman–Crippen MR) is 90.3 cm³/mol. The molecule has 2 aliphatic heterocycles. The van der Waals surface area contributed by atoms with Crippen molar-refractivity contribution in [2.45, 2.75) is 19.4 Å². The average Bonchev–Trinajstić information content (AvgIpc) is 3.25. The number of carbonyl (C=O) groups is 3. The minimum Gasteiger partial charge on any atom is -0.488 e. The van der Waals surface area contributed by atoms with Gasteiger partial charge in [0.1, 0.15) is 17.2 Å². The minimum absolute atomic E-state index is 0.207. The Hall–Kier alpha value is -2.67. The van der Waals surface area contributed by atoms with E-state index in [9.17, 15) is 14.4 Å². The third-order valence-electron chi connectivity index (χ3n) is 4.23. The van der Waals surface area contributed by atoms with Gasteiger partial charge in [-0.3, -0.25) is 14.5 Å². The number of para-hydroxylation sites is 1. The maximum Gasteiger partial charge on any atom is 0.348 e. The molecular formula is C18H15NO5S. The highest BCUT2D eigenvalue weighted by Gasteiger charge is 2.28. The molecule has 4 rings (SSSR count). The number of likely N-dealkylation sites (tertiary alicyclic amines) is 1. The molecule has 2 amide bonds. The maximum absolute atomic E-state index is 12.3. The van der Waals surface area contributed by atoms with Crippen LogP contribution in [0.2, 0.25) is 0 Å². The third kappa shape index (κ3) is 2.91. The van der Waals surface area contributed by atoms with Gasteiger partial charge in [0.05, 0.1) is 0 Å². The second-order valence-corrected chi connectivity index (χ2v) is 6.92. The summed E-state index contributed by atoms with van der Waals surface area (Å²) in [6.07, 6.45) is 1.03. The first-order chi connectivity index (χ1) is 12.1. The van der Waals surface area contributed by atoms with Crippen molar-refractivity contribution in [1.29, 1.82) is 0 Å².